The van der Waals surface area contributed by atoms with Crippen molar-refractivity contribution in [1.29, 1.82) is 0 Å². The fourth-order valence-corrected chi connectivity index (χ4v) is 2.16. The van der Waals surface area contributed by atoms with Gasteiger partial charge in [0.15, 0.2) is 11.6 Å². The van der Waals surface area contributed by atoms with E-state index in [0.717, 1.165) is 18.3 Å². The van der Waals surface area contributed by atoms with Crippen molar-refractivity contribution in [3.63, 3.8) is 0 Å². The monoisotopic (exact) mass is 297 g/mol. The van der Waals surface area contributed by atoms with Crippen molar-refractivity contribution in [3.8, 4) is 0 Å². The molecule has 1 heterocycles. The summed E-state index contributed by atoms with van der Waals surface area (Å²) in [5.41, 5.74) is 0.113. The van der Waals surface area contributed by atoms with Crippen LogP contribution in [-0.4, -0.2) is 15.6 Å². The number of imidazole rings is 1. The second kappa shape index (κ2) is 6.76. The molecule has 2 rings (SSSR count). The number of benzene rings is 1. The van der Waals surface area contributed by atoms with Crippen molar-refractivity contribution in [1.82, 2.24) is 14.9 Å². The predicted octanol–water partition coefficient (Wildman–Crippen LogP) is 3.04. The minimum atomic E-state index is -1.17. The Bertz CT molecular complexity index is 610. The average Bonchev–Trinajstić information content (AvgIpc) is 2.88. The highest BCUT2D eigenvalue weighted by Crippen LogP contribution is 2.13. The smallest absolute Gasteiger partial charge is 0.161 e. The van der Waals surface area contributed by atoms with E-state index in [4.69, 9.17) is 0 Å². The van der Waals surface area contributed by atoms with Gasteiger partial charge < -0.3 is 9.88 Å². The topological polar surface area (TPSA) is 29.9 Å². The van der Waals surface area contributed by atoms with Gasteiger partial charge in [-0.1, -0.05) is 6.92 Å². The lowest BCUT2D eigenvalue weighted by Crippen LogP contribution is -2.30. The van der Waals surface area contributed by atoms with Gasteiger partial charge in [-0.05, 0) is 13.0 Å². The van der Waals surface area contributed by atoms with E-state index in [9.17, 15) is 13.2 Å². The summed E-state index contributed by atoms with van der Waals surface area (Å²) in [6.07, 6.45) is 4.45. The van der Waals surface area contributed by atoms with E-state index >= 15 is 0 Å². The third-order valence-electron chi connectivity index (χ3n) is 3.32. The van der Waals surface area contributed by atoms with E-state index in [1.165, 1.54) is 0 Å². The number of aromatic nitrogens is 2. The van der Waals surface area contributed by atoms with Gasteiger partial charge >= 0.3 is 0 Å². The van der Waals surface area contributed by atoms with Crippen LogP contribution in [0.15, 0.2) is 24.5 Å². The SMILES string of the molecule is CCc1nccn1CC(C)NCc1cc(F)c(F)cc1F. The molecule has 1 atom stereocenters. The lowest BCUT2D eigenvalue weighted by atomic mass is 10.2. The number of nitrogens with zero attached hydrogens (tertiary/aromatic N) is 2. The first-order chi connectivity index (χ1) is 10.0. The normalized spacial score (nSPS) is 12.6. The second-order valence-corrected chi connectivity index (χ2v) is 4.99. The van der Waals surface area contributed by atoms with Gasteiger partial charge in [0.1, 0.15) is 11.6 Å². The van der Waals surface area contributed by atoms with Crippen LogP contribution in [0, 0.1) is 17.5 Å². The fourth-order valence-electron chi connectivity index (χ4n) is 2.16. The number of hydrogen-bond donors (Lipinski definition) is 1. The summed E-state index contributed by atoms with van der Waals surface area (Å²) in [6, 6.07) is 1.50. The van der Waals surface area contributed by atoms with Crippen LogP contribution in [0.25, 0.3) is 0 Å². The molecular formula is C15H18F3N3. The van der Waals surface area contributed by atoms with Gasteiger partial charge in [-0.25, -0.2) is 18.2 Å². The van der Waals surface area contributed by atoms with E-state index in [1.807, 2.05) is 24.6 Å². The molecule has 0 spiro atoms. The summed E-state index contributed by atoms with van der Waals surface area (Å²) in [6.45, 7) is 4.78. The first-order valence-electron chi connectivity index (χ1n) is 6.88. The molecule has 0 saturated heterocycles. The summed E-state index contributed by atoms with van der Waals surface area (Å²) < 4.78 is 41.5. The Balaban J connectivity index is 1.95. The maximum Gasteiger partial charge on any atom is 0.161 e. The Labute approximate surface area is 121 Å². The van der Waals surface area contributed by atoms with Crippen molar-refractivity contribution in [3.05, 3.63) is 53.4 Å². The molecule has 1 unspecified atom stereocenters. The van der Waals surface area contributed by atoms with Crippen LogP contribution in [0.1, 0.15) is 25.2 Å². The van der Waals surface area contributed by atoms with Crippen molar-refractivity contribution < 1.29 is 13.2 Å². The molecule has 0 radical (unpaired) electrons. The molecule has 114 valence electrons. The minimum Gasteiger partial charge on any atom is -0.333 e. The van der Waals surface area contributed by atoms with Crippen molar-refractivity contribution in [2.24, 2.45) is 0 Å². The Hall–Kier alpha value is -1.82. The number of aryl methyl sites for hydroxylation is 1. The van der Waals surface area contributed by atoms with Gasteiger partial charge in [0.25, 0.3) is 0 Å². The fraction of sp³-hybridized carbons (Fsp3) is 0.400. The van der Waals surface area contributed by atoms with Crippen LogP contribution in [0.2, 0.25) is 0 Å². The van der Waals surface area contributed by atoms with Crippen LogP contribution < -0.4 is 5.32 Å². The highest BCUT2D eigenvalue weighted by atomic mass is 19.2. The molecule has 2 aromatic rings. The van der Waals surface area contributed by atoms with Gasteiger partial charge in [0.05, 0.1) is 0 Å². The molecule has 0 bridgehead atoms. The zero-order valence-corrected chi connectivity index (χ0v) is 12.0. The van der Waals surface area contributed by atoms with Gasteiger partial charge in [-0.3, -0.25) is 0 Å². The lowest BCUT2D eigenvalue weighted by Gasteiger charge is -2.16. The number of rotatable bonds is 6. The van der Waals surface area contributed by atoms with E-state index in [-0.39, 0.29) is 18.2 Å². The van der Waals surface area contributed by atoms with Crippen LogP contribution in [-0.2, 0) is 19.5 Å². The molecule has 6 heteroatoms. The summed E-state index contributed by atoms with van der Waals surface area (Å²) in [4.78, 5) is 4.23. The van der Waals surface area contributed by atoms with Gasteiger partial charge in [-0.15, -0.1) is 0 Å². The molecule has 1 aromatic carbocycles. The molecule has 1 aromatic heterocycles. The number of nitrogens with one attached hydrogen (secondary N) is 1. The largest absolute Gasteiger partial charge is 0.333 e. The van der Waals surface area contributed by atoms with E-state index in [2.05, 4.69) is 10.3 Å². The number of hydrogen-bond acceptors (Lipinski definition) is 2. The molecule has 0 amide bonds. The molecule has 0 aliphatic heterocycles. The van der Waals surface area contributed by atoms with Crippen molar-refractivity contribution >= 4 is 0 Å². The minimum absolute atomic E-state index is 0.0389. The first-order valence-corrected chi connectivity index (χ1v) is 6.88. The highest BCUT2D eigenvalue weighted by Gasteiger charge is 2.11. The van der Waals surface area contributed by atoms with E-state index in [0.29, 0.717) is 12.6 Å². The molecule has 1 N–H and O–H groups in total. The standard InChI is InChI=1S/C15H18F3N3/c1-3-15-19-4-5-21(15)9-10(2)20-8-11-6-13(17)14(18)7-12(11)16/h4-7,10,20H,3,8-9H2,1-2H3. The van der Waals surface area contributed by atoms with Crippen molar-refractivity contribution in [2.75, 3.05) is 0 Å². The van der Waals surface area contributed by atoms with Crippen LogP contribution in [0.4, 0.5) is 13.2 Å². The first kappa shape index (κ1) is 15.6. The maximum atomic E-state index is 13.5. The van der Waals surface area contributed by atoms with Gasteiger partial charge in [-0.2, -0.15) is 0 Å². The molecule has 0 aliphatic carbocycles. The third-order valence-corrected chi connectivity index (χ3v) is 3.32. The molecule has 3 nitrogen and oxygen atoms in total. The average molecular weight is 297 g/mol. The van der Waals surface area contributed by atoms with Gasteiger partial charge in [0.2, 0.25) is 0 Å². The molecule has 21 heavy (non-hydrogen) atoms. The summed E-state index contributed by atoms with van der Waals surface area (Å²) in [7, 11) is 0. The Morgan fingerprint density at radius 1 is 1.19 bits per heavy atom. The molecular weight excluding hydrogens is 279 g/mol. The summed E-state index contributed by atoms with van der Waals surface area (Å²) >= 11 is 0. The zero-order chi connectivity index (χ0) is 15.4. The van der Waals surface area contributed by atoms with Crippen LogP contribution >= 0.6 is 0 Å². The molecule has 0 saturated carbocycles. The molecule has 0 aliphatic rings. The quantitative estimate of drug-likeness (QED) is 0.831. The highest BCUT2D eigenvalue weighted by molar-refractivity contribution is 5.20. The van der Waals surface area contributed by atoms with E-state index in [1.54, 1.807) is 6.20 Å². The summed E-state index contributed by atoms with van der Waals surface area (Å²) in [5, 5.41) is 3.10. The summed E-state index contributed by atoms with van der Waals surface area (Å²) in [5.74, 6) is -1.98. The molecule has 0 fully saturated rings. The van der Waals surface area contributed by atoms with E-state index < -0.39 is 17.5 Å². The second-order valence-electron chi connectivity index (χ2n) is 4.99. The zero-order valence-electron chi connectivity index (χ0n) is 12.0. The predicted molar refractivity (Wildman–Crippen MR) is 74.2 cm³/mol. The Kier molecular flexibility index (Phi) is 5.01. The van der Waals surface area contributed by atoms with Crippen LogP contribution in [0.5, 0.6) is 0 Å². The lowest BCUT2D eigenvalue weighted by molar-refractivity contribution is 0.453. The number of halogens is 3. The van der Waals surface area contributed by atoms with Crippen molar-refractivity contribution in [2.45, 2.75) is 39.4 Å². The third kappa shape index (κ3) is 3.85. The maximum absolute atomic E-state index is 13.5. The van der Waals surface area contributed by atoms with Gasteiger partial charge in [0, 0.05) is 49.6 Å². The Morgan fingerprint density at radius 2 is 1.90 bits per heavy atom. The van der Waals surface area contributed by atoms with Crippen LogP contribution in [0.3, 0.4) is 0 Å². The Morgan fingerprint density at radius 3 is 2.62 bits per heavy atom.